The van der Waals surface area contributed by atoms with Gasteiger partial charge in [-0.3, -0.25) is 4.79 Å². The normalized spacial score (nSPS) is 10.4. The van der Waals surface area contributed by atoms with Crippen molar-refractivity contribution in [1.82, 2.24) is 0 Å². The summed E-state index contributed by atoms with van der Waals surface area (Å²) in [4.78, 5) is 10.7. The number of carbonyl (C=O) groups is 1. The summed E-state index contributed by atoms with van der Waals surface area (Å²) in [6, 6.07) is 7.65. The maximum atomic E-state index is 10.7. The van der Waals surface area contributed by atoms with Crippen LogP contribution in [0.25, 0.3) is 6.08 Å². The number of allylic oxidation sites excluding steroid dienone is 1. The predicted octanol–water partition coefficient (Wildman–Crippen LogP) is 2.69. The lowest BCUT2D eigenvalue weighted by Crippen LogP contribution is -2.07. The molecule has 0 fully saturated rings. The lowest BCUT2D eigenvalue weighted by Gasteiger charge is -2.06. The van der Waals surface area contributed by atoms with Crippen molar-refractivity contribution in [2.75, 3.05) is 6.61 Å². The third-order valence-corrected chi connectivity index (χ3v) is 1.70. The van der Waals surface area contributed by atoms with E-state index in [4.69, 9.17) is 4.74 Å². The van der Waals surface area contributed by atoms with E-state index in [-0.39, 0.29) is 12.4 Å². The van der Waals surface area contributed by atoms with Crippen LogP contribution in [0, 0.1) is 0 Å². The van der Waals surface area contributed by atoms with Gasteiger partial charge in [0.1, 0.15) is 12.4 Å². The number of hydrogen-bond donors (Lipinski definition) is 0. The summed E-state index contributed by atoms with van der Waals surface area (Å²) in [5.74, 6) is 0.779. The number of rotatable bonds is 4. The predicted molar refractivity (Wildman–Crippen MR) is 57.3 cm³/mol. The summed E-state index contributed by atoms with van der Waals surface area (Å²) in [5, 5.41) is 0. The highest BCUT2D eigenvalue weighted by Gasteiger charge is 2.00. The fourth-order valence-corrected chi connectivity index (χ4v) is 1.11. The molecule has 0 aliphatic carbocycles. The largest absolute Gasteiger partial charge is 0.485 e. The summed E-state index contributed by atoms with van der Waals surface area (Å²) in [6.07, 6.45) is 3.89. The summed E-state index contributed by atoms with van der Waals surface area (Å²) < 4.78 is 5.35. The lowest BCUT2D eigenvalue weighted by atomic mass is 10.2. The Balaban J connectivity index is 2.79. The second-order valence-electron chi connectivity index (χ2n) is 3.03. The first-order chi connectivity index (χ1) is 6.74. The lowest BCUT2D eigenvalue weighted by molar-refractivity contribution is -0.118. The van der Waals surface area contributed by atoms with Crippen LogP contribution in [0.3, 0.4) is 0 Å². The molecule has 0 radical (unpaired) electrons. The molecule has 0 unspecified atom stereocenters. The van der Waals surface area contributed by atoms with Crippen LogP contribution in [-0.2, 0) is 4.79 Å². The van der Waals surface area contributed by atoms with Gasteiger partial charge in [0.25, 0.3) is 0 Å². The van der Waals surface area contributed by atoms with Gasteiger partial charge in [-0.05, 0) is 19.9 Å². The highest BCUT2D eigenvalue weighted by atomic mass is 16.5. The third kappa shape index (κ3) is 3.05. The van der Waals surface area contributed by atoms with E-state index in [2.05, 4.69) is 0 Å². The van der Waals surface area contributed by atoms with Crippen molar-refractivity contribution >= 4 is 11.9 Å². The van der Waals surface area contributed by atoms with Crippen LogP contribution in [0.1, 0.15) is 19.4 Å². The molecule has 2 heteroatoms. The van der Waals surface area contributed by atoms with Gasteiger partial charge in [0.05, 0.1) is 0 Å². The zero-order valence-electron chi connectivity index (χ0n) is 8.49. The minimum atomic E-state index is 0.0280. The van der Waals surface area contributed by atoms with Gasteiger partial charge in [-0.1, -0.05) is 30.4 Å². The van der Waals surface area contributed by atoms with Crippen molar-refractivity contribution in [3.8, 4) is 5.75 Å². The number of carbonyl (C=O) groups excluding carboxylic acids is 1. The molecule has 14 heavy (non-hydrogen) atoms. The molecule has 74 valence electrons. The van der Waals surface area contributed by atoms with Crippen molar-refractivity contribution < 1.29 is 9.53 Å². The Morgan fingerprint density at radius 1 is 1.43 bits per heavy atom. The highest BCUT2D eigenvalue weighted by molar-refractivity contribution is 5.77. The highest BCUT2D eigenvalue weighted by Crippen LogP contribution is 2.19. The Hall–Kier alpha value is -1.57. The number of ketones is 1. The first kappa shape index (κ1) is 10.5. The van der Waals surface area contributed by atoms with Crippen LogP contribution in [0.2, 0.25) is 0 Å². The molecule has 0 N–H and O–H groups in total. The van der Waals surface area contributed by atoms with E-state index in [9.17, 15) is 4.79 Å². The van der Waals surface area contributed by atoms with Crippen LogP contribution in [0.4, 0.5) is 0 Å². The Morgan fingerprint density at radius 3 is 2.79 bits per heavy atom. The minimum absolute atomic E-state index is 0.0280. The molecule has 1 rings (SSSR count). The van der Waals surface area contributed by atoms with Crippen molar-refractivity contribution in [3.05, 3.63) is 35.9 Å². The molecule has 0 bridgehead atoms. The molecule has 0 heterocycles. The zero-order valence-corrected chi connectivity index (χ0v) is 8.49. The monoisotopic (exact) mass is 190 g/mol. The van der Waals surface area contributed by atoms with E-state index in [1.165, 1.54) is 6.92 Å². The summed E-state index contributed by atoms with van der Waals surface area (Å²) in [6.45, 7) is 3.59. The topological polar surface area (TPSA) is 26.3 Å². The van der Waals surface area contributed by atoms with E-state index in [1.807, 2.05) is 43.3 Å². The second kappa shape index (κ2) is 5.22. The summed E-state index contributed by atoms with van der Waals surface area (Å²) in [5.41, 5.74) is 0.997. The minimum Gasteiger partial charge on any atom is -0.485 e. The van der Waals surface area contributed by atoms with Crippen molar-refractivity contribution in [3.63, 3.8) is 0 Å². The number of ether oxygens (including phenoxy) is 1. The van der Waals surface area contributed by atoms with Gasteiger partial charge in [-0.2, -0.15) is 0 Å². The maximum absolute atomic E-state index is 10.7. The van der Waals surface area contributed by atoms with Crippen LogP contribution < -0.4 is 4.74 Å². The van der Waals surface area contributed by atoms with Gasteiger partial charge >= 0.3 is 0 Å². The fourth-order valence-electron chi connectivity index (χ4n) is 1.11. The van der Waals surface area contributed by atoms with Crippen LogP contribution in [0.15, 0.2) is 30.3 Å². The number of para-hydroxylation sites is 1. The summed E-state index contributed by atoms with van der Waals surface area (Å²) >= 11 is 0. The molecule has 0 aliphatic rings. The van der Waals surface area contributed by atoms with Crippen molar-refractivity contribution in [1.29, 1.82) is 0 Å². The fraction of sp³-hybridized carbons (Fsp3) is 0.250. The molecule has 1 aromatic rings. The molecule has 0 saturated carbocycles. The van der Waals surface area contributed by atoms with Gasteiger partial charge in [-0.15, -0.1) is 0 Å². The number of hydrogen-bond acceptors (Lipinski definition) is 2. The smallest absolute Gasteiger partial charge is 0.167 e. The molecular weight excluding hydrogens is 176 g/mol. The summed E-state index contributed by atoms with van der Waals surface area (Å²) in [7, 11) is 0. The molecule has 0 amide bonds. The van der Waals surface area contributed by atoms with Crippen molar-refractivity contribution in [2.24, 2.45) is 0 Å². The molecule has 0 aromatic heterocycles. The van der Waals surface area contributed by atoms with Gasteiger partial charge in [0.2, 0.25) is 0 Å². The Kier molecular flexibility index (Phi) is 3.92. The zero-order chi connectivity index (χ0) is 10.4. The SMILES string of the molecule is CC=Cc1ccccc1OCC(C)=O. The average molecular weight is 190 g/mol. The van der Waals surface area contributed by atoms with E-state index >= 15 is 0 Å². The molecule has 0 atom stereocenters. The molecule has 2 nitrogen and oxygen atoms in total. The molecular formula is C12H14O2. The Labute approximate surface area is 84.2 Å². The molecule has 0 spiro atoms. The molecule has 1 aromatic carbocycles. The quantitative estimate of drug-likeness (QED) is 0.729. The van der Waals surface area contributed by atoms with Gasteiger partial charge in [-0.25, -0.2) is 0 Å². The van der Waals surface area contributed by atoms with E-state index < -0.39 is 0 Å². The average Bonchev–Trinajstić information content (AvgIpc) is 2.17. The van der Waals surface area contributed by atoms with E-state index in [0.29, 0.717) is 0 Å². The van der Waals surface area contributed by atoms with Crippen LogP contribution >= 0.6 is 0 Å². The maximum Gasteiger partial charge on any atom is 0.167 e. The molecule has 0 saturated heterocycles. The van der Waals surface area contributed by atoms with Crippen molar-refractivity contribution in [2.45, 2.75) is 13.8 Å². The number of Topliss-reactive ketones (excluding diaryl/α,β-unsaturated/α-hetero) is 1. The third-order valence-electron chi connectivity index (χ3n) is 1.70. The van der Waals surface area contributed by atoms with Gasteiger partial charge in [0.15, 0.2) is 5.78 Å². The van der Waals surface area contributed by atoms with Crippen LogP contribution in [-0.4, -0.2) is 12.4 Å². The standard InChI is InChI=1S/C12H14O2/c1-3-6-11-7-4-5-8-12(11)14-9-10(2)13/h3-8H,9H2,1-2H3. The first-order valence-corrected chi connectivity index (χ1v) is 4.58. The Morgan fingerprint density at radius 2 is 2.14 bits per heavy atom. The number of benzene rings is 1. The van der Waals surface area contributed by atoms with Crippen LogP contribution in [0.5, 0.6) is 5.75 Å². The van der Waals surface area contributed by atoms with Gasteiger partial charge in [0, 0.05) is 5.56 Å². The molecule has 0 aliphatic heterocycles. The van der Waals surface area contributed by atoms with E-state index in [0.717, 1.165) is 11.3 Å². The van der Waals surface area contributed by atoms with E-state index in [1.54, 1.807) is 0 Å². The second-order valence-corrected chi connectivity index (χ2v) is 3.03. The first-order valence-electron chi connectivity index (χ1n) is 4.58. The van der Waals surface area contributed by atoms with Gasteiger partial charge < -0.3 is 4.74 Å². The Bertz CT molecular complexity index is 340.